The molecule has 1 saturated heterocycles. The smallest absolute Gasteiger partial charge is 0.252 e. The number of dihydropyridines is 1. The number of likely N-dealkylation sites (tertiary alicyclic amines) is 1. The van der Waals surface area contributed by atoms with Gasteiger partial charge in [0, 0.05) is 29.3 Å². The van der Waals surface area contributed by atoms with Gasteiger partial charge in [0.1, 0.15) is 0 Å². The maximum Gasteiger partial charge on any atom is 0.252 e. The number of carbonyl (C=O) groups excluding carboxylic acids is 1. The topological polar surface area (TPSA) is 44.4 Å². The maximum atomic E-state index is 12.1. The lowest BCUT2D eigenvalue weighted by molar-refractivity contribution is -0.117. The number of amides is 1. The fourth-order valence-corrected chi connectivity index (χ4v) is 3.10. The van der Waals surface area contributed by atoms with Gasteiger partial charge in [-0.2, -0.15) is 0 Å². The Morgan fingerprint density at radius 3 is 2.95 bits per heavy atom. The Morgan fingerprint density at radius 1 is 1.60 bits per heavy atom. The van der Waals surface area contributed by atoms with Crippen LogP contribution in [0, 0.1) is 0 Å². The van der Waals surface area contributed by atoms with Crippen molar-refractivity contribution in [1.82, 2.24) is 15.5 Å². The second-order valence-electron chi connectivity index (χ2n) is 6.18. The molecule has 112 valence electrons. The first kappa shape index (κ1) is 15.6. The molecule has 0 aliphatic carbocycles. The molecule has 0 aromatic carbocycles. The predicted molar refractivity (Wildman–Crippen MR) is 85.6 cm³/mol. The number of carbonyl (C=O) groups is 1. The van der Waals surface area contributed by atoms with Gasteiger partial charge in [-0.3, -0.25) is 9.69 Å². The van der Waals surface area contributed by atoms with Gasteiger partial charge in [-0.25, -0.2) is 0 Å². The van der Waals surface area contributed by atoms with Crippen LogP contribution in [0.1, 0.15) is 33.6 Å². The van der Waals surface area contributed by atoms with Crippen LogP contribution in [0.25, 0.3) is 0 Å². The minimum absolute atomic E-state index is 0.0154. The Hall–Kier alpha value is -0.810. The molecule has 2 N–H and O–H groups in total. The third-order valence-electron chi connectivity index (χ3n) is 4.20. The van der Waals surface area contributed by atoms with E-state index < -0.39 is 0 Å². The van der Waals surface area contributed by atoms with Crippen LogP contribution in [-0.2, 0) is 4.79 Å². The summed E-state index contributed by atoms with van der Waals surface area (Å²) in [7, 11) is 0. The Balaban J connectivity index is 1.79. The van der Waals surface area contributed by atoms with Crippen LogP contribution >= 0.6 is 15.9 Å². The van der Waals surface area contributed by atoms with Crippen molar-refractivity contribution in [3.8, 4) is 0 Å². The van der Waals surface area contributed by atoms with Crippen LogP contribution in [0.4, 0.5) is 0 Å². The van der Waals surface area contributed by atoms with Crippen molar-refractivity contribution in [2.75, 3.05) is 19.6 Å². The van der Waals surface area contributed by atoms with Crippen molar-refractivity contribution in [2.45, 2.75) is 45.2 Å². The lowest BCUT2D eigenvalue weighted by Crippen LogP contribution is -2.43. The van der Waals surface area contributed by atoms with Crippen molar-refractivity contribution < 1.29 is 4.79 Å². The zero-order valence-corrected chi connectivity index (χ0v) is 14.1. The maximum absolute atomic E-state index is 12.1. The molecule has 20 heavy (non-hydrogen) atoms. The fourth-order valence-electron chi connectivity index (χ4n) is 2.72. The molecule has 5 heteroatoms. The normalized spacial score (nSPS) is 25.7. The monoisotopic (exact) mass is 341 g/mol. The number of nitrogens with zero attached hydrogens (tertiary/aromatic N) is 1. The highest BCUT2D eigenvalue weighted by Gasteiger charge is 2.31. The molecule has 2 aliphatic heterocycles. The van der Waals surface area contributed by atoms with E-state index in [2.05, 4.69) is 45.3 Å². The van der Waals surface area contributed by atoms with Crippen LogP contribution < -0.4 is 10.6 Å². The summed E-state index contributed by atoms with van der Waals surface area (Å²) >= 11 is 3.47. The summed E-state index contributed by atoms with van der Waals surface area (Å²) < 4.78 is 1.01. The number of nitrogens with one attached hydrogen (secondary N) is 2. The van der Waals surface area contributed by atoms with Gasteiger partial charge in [0.05, 0.1) is 11.6 Å². The quantitative estimate of drug-likeness (QED) is 0.823. The van der Waals surface area contributed by atoms with E-state index in [-0.39, 0.29) is 17.5 Å². The van der Waals surface area contributed by atoms with E-state index in [1.165, 1.54) is 12.8 Å². The third kappa shape index (κ3) is 3.64. The fraction of sp³-hybridized carbons (Fsp3) is 0.667. The minimum atomic E-state index is -0.0154. The Labute approximate surface area is 129 Å². The number of halogens is 1. The van der Waals surface area contributed by atoms with E-state index >= 15 is 0 Å². The highest BCUT2D eigenvalue weighted by Crippen LogP contribution is 2.27. The molecular weight excluding hydrogens is 318 g/mol. The lowest BCUT2D eigenvalue weighted by Gasteiger charge is -2.31. The van der Waals surface area contributed by atoms with Gasteiger partial charge in [0.2, 0.25) is 0 Å². The molecule has 1 unspecified atom stereocenters. The van der Waals surface area contributed by atoms with E-state index in [1.54, 1.807) is 6.20 Å². The third-order valence-corrected chi connectivity index (χ3v) is 5.11. The summed E-state index contributed by atoms with van der Waals surface area (Å²) in [5, 5.41) is 6.16. The molecule has 0 bridgehead atoms. The summed E-state index contributed by atoms with van der Waals surface area (Å²) in [6.07, 6.45) is 6.16. The molecule has 0 saturated carbocycles. The lowest BCUT2D eigenvalue weighted by atomic mass is 10.0. The van der Waals surface area contributed by atoms with E-state index in [4.69, 9.17) is 0 Å². The SMILES string of the molecule is CC1NC=C(C(=O)NCCN2CCCC2(C)C)C=C1Br. The van der Waals surface area contributed by atoms with E-state index in [9.17, 15) is 4.79 Å². The van der Waals surface area contributed by atoms with Crippen molar-refractivity contribution >= 4 is 21.8 Å². The van der Waals surface area contributed by atoms with Gasteiger partial charge >= 0.3 is 0 Å². The number of hydrogen-bond acceptors (Lipinski definition) is 3. The highest BCUT2D eigenvalue weighted by atomic mass is 79.9. The van der Waals surface area contributed by atoms with Crippen molar-refractivity contribution in [2.24, 2.45) is 0 Å². The molecule has 4 nitrogen and oxygen atoms in total. The van der Waals surface area contributed by atoms with Crippen LogP contribution in [0.5, 0.6) is 0 Å². The molecule has 2 heterocycles. The van der Waals surface area contributed by atoms with Gasteiger partial charge in [0.25, 0.3) is 5.91 Å². The first-order valence-electron chi connectivity index (χ1n) is 7.27. The first-order chi connectivity index (χ1) is 9.40. The van der Waals surface area contributed by atoms with E-state index in [0.29, 0.717) is 12.1 Å². The van der Waals surface area contributed by atoms with Crippen LogP contribution in [0.2, 0.25) is 0 Å². The van der Waals surface area contributed by atoms with Crippen LogP contribution in [-0.4, -0.2) is 42.0 Å². The average molecular weight is 342 g/mol. The molecular formula is C15H24BrN3O. The van der Waals surface area contributed by atoms with E-state index in [1.807, 2.05) is 13.0 Å². The Kier molecular flexibility index (Phi) is 4.91. The molecule has 2 aliphatic rings. The zero-order valence-electron chi connectivity index (χ0n) is 12.5. The number of hydrogen-bond donors (Lipinski definition) is 2. The van der Waals surface area contributed by atoms with E-state index in [0.717, 1.165) is 17.6 Å². The highest BCUT2D eigenvalue weighted by molar-refractivity contribution is 9.11. The van der Waals surface area contributed by atoms with Crippen molar-refractivity contribution in [3.63, 3.8) is 0 Å². The standard InChI is InChI=1S/C15H24BrN3O/c1-11-13(16)9-12(10-18-11)14(20)17-6-8-19-7-4-5-15(19,2)3/h9-11,18H,4-8H2,1-3H3,(H,17,20). The molecule has 0 radical (unpaired) electrons. The molecule has 0 aromatic heterocycles. The summed E-state index contributed by atoms with van der Waals surface area (Å²) in [6.45, 7) is 9.34. The molecule has 1 amide bonds. The molecule has 2 rings (SSSR count). The molecule has 1 atom stereocenters. The molecule has 0 aromatic rings. The van der Waals surface area contributed by atoms with Crippen molar-refractivity contribution in [3.05, 3.63) is 22.3 Å². The predicted octanol–water partition coefficient (Wildman–Crippen LogP) is 2.13. The summed E-state index contributed by atoms with van der Waals surface area (Å²) in [4.78, 5) is 14.5. The molecule has 1 fully saturated rings. The van der Waals surface area contributed by atoms with Crippen molar-refractivity contribution in [1.29, 1.82) is 0 Å². The second-order valence-corrected chi connectivity index (χ2v) is 7.09. The van der Waals surface area contributed by atoms with Gasteiger partial charge in [-0.15, -0.1) is 0 Å². The zero-order chi connectivity index (χ0) is 14.8. The largest absolute Gasteiger partial charge is 0.383 e. The average Bonchev–Trinajstić information content (AvgIpc) is 2.72. The Morgan fingerprint density at radius 2 is 2.35 bits per heavy atom. The van der Waals surface area contributed by atoms with Gasteiger partial charge in [0.15, 0.2) is 0 Å². The Bertz CT molecular complexity index is 442. The number of rotatable bonds is 4. The summed E-state index contributed by atoms with van der Waals surface area (Å²) in [6, 6.07) is 0.233. The van der Waals surface area contributed by atoms with Gasteiger partial charge < -0.3 is 10.6 Å². The first-order valence-corrected chi connectivity index (χ1v) is 8.06. The summed E-state index contributed by atoms with van der Waals surface area (Å²) in [5.41, 5.74) is 0.949. The van der Waals surface area contributed by atoms with Gasteiger partial charge in [-0.05, 0) is 46.2 Å². The van der Waals surface area contributed by atoms with Gasteiger partial charge in [-0.1, -0.05) is 15.9 Å². The van der Waals surface area contributed by atoms with Crippen LogP contribution in [0.15, 0.2) is 22.3 Å². The second kappa shape index (κ2) is 6.31. The summed E-state index contributed by atoms with van der Waals surface area (Å²) in [5.74, 6) is -0.0154. The molecule has 0 spiro atoms. The minimum Gasteiger partial charge on any atom is -0.383 e. The van der Waals surface area contributed by atoms with Crippen LogP contribution in [0.3, 0.4) is 0 Å².